The van der Waals surface area contributed by atoms with Crippen molar-refractivity contribution in [2.75, 3.05) is 11.6 Å². The molecule has 0 aliphatic rings. The van der Waals surface area contributed by atoms with Crippen LogP contribution in [-0.2, 0) is 15.6 Å². The third-order valence-corrected chi connectivity index (χ3v) is 8.74. The zero-order valence-electron chi connectivity index (χ0n) is 19.9. The van der Waals surface area contributed by atoms with Crippen molar-refractivity contribution in [3.05, 3.63) is 90.1 Å². The summed E-state index contributed by atoms with van der Waals surface area (Å²) in [5.41, 5.74) is 2.76. The van der Waals surface area contributed by atoms with Crippen LogP contribution in [0.4, 0.5) is 15.9 Å². The van der Waals surface area contributed by atoms with E-state index in [0.717, 1.165) is 5.56 Å². The summed E-state index contributed by atoms with van der Waals surface area (Å²) in [6.07, 6.45) is 7.76. The van der Waals surface area contributed by atoms with E-state index in [0.29, 0.717) is 36.8 Å². The van der Waals surface area contributed by atoms with Gasteiger partial charge in [0.15, 0.2) is 31.0 Å². The Bertz CT molecular complexity index is 1910. The fourth-order valence-corrected chi connectivity index (χ4v) is 7.20. The molecule has 4 heterocycles. The van der Waals surface area contributed by atoms with E-state index in [-0.39, 0.29) is 17.0 Å². The Balaban J connectivity index is 1.30. The van der Waals surface area contributed by atoms with Crippen molar-refractivity contribution >= 4 is 60.9 Å². The molecule has 0 unspecified atom stereocenters. The number of sulfone groups is 1. The van der Waals surface area contributed by atoms with E-state index in [4.69, 9.17) is 0 Å². The predicted octanol–water partition coefficient (Wildman–Crippen LogP) is 5.98. The SMILES string of the molecule is CS(=O)(=O)Cc1cnc(Sc2ncc3c(Nc4ccc5ccc(-c6ccccc6)nc5c4F)nccn23)s1. The van der Waals surface area contributed by atoms with Crippen molar-refractivity contribution in [3.63, 3.8) is 0 Å². The highest BCUT2D eigenvalue weighted by atomic mass is 32.2. The molecule has 0 radical (unpaired) electrons. The predicted molar refractivity (Wildman–Crippen MR) is 148 cm³/mol. The van der Waals surface area contributed by atoms with Gasteiger partial charge in [-0.15, -0.1) is 11.3 Å². The topological polar surface area (TPSA) is 102 Å². The van der Waals surface area contributed by atoms with E-state index < -0.39 is 15.7 Å². The summed E-state index contributed by atoms with van der Waals surface area (Å²) in [7, 11) is -3.14. The highest BCUT2D eigenvalue weighted by Gasteiger charge is 2.16. The molecule has 0 saturated carbocycles. The average Bonchev–Trinajstić information content (AvgIpc) is 3.52. The third-order valence-electron chi connectivity index (χ3n) is 5.66. The molecule has 2 aromatic carbocycles. The van der Waals surface area contributed by atoms with Crippen LogP contribution < -0.4 is 5.32 Å². The molecule has 0 fully saturated rings. The first-order valence-electron chi connectivity index (χ1n) is 11.4. The summed E-state index contributed by atoms with van der Waals surface area (Å²) < 4.78 is 41.3. The molecule has 4 aromatic heterocycles. The van der Waals surface area contributed by atoms with Gasteiger partial charge in [-0.25, -0.2) is 32.7 Å². The molecule has 0 saturated heterocycles. The molecule has 1 N–H and O–H groups in total. The Kier molecular flexibility index (Phi) is 6.30. The van der Waals surface area contributed by atoms with E-state index in [9.17, 15) is 8.42 Å². The average molecular weight is 563 g/mol. The summed E-state index contributed by atoms with van der Waals surface area (Å²) in [5.74, 6) is -0.0921. The van der Waals surface area contributed by atoms with Gasteiger partial charge < -0.3 is 5.32 Å². The van der Waals surface area contributed by atoms with Crippen LogP contribution in [0.2, 0.25) is 0 Å². The molecule has 0 aliphatic carbocycles. The number of nitrogens with zero attached hydrogens (tertiary/aromatic N) is 5. The summed E-state index contributed by atoms with van der Waals surface area (Å²) >= 11 is 2.62. The Morgan fingerprint density at radius 2 is 1.84 bits per heavy atom. The number of aromatic nitrogens is 5. The number of halogens is 1. The van der Waals surface area contributed by atoms with Crippen LogP contribution in [0.15, 0.2) is 88.9 Å². The zero-order valence-corrected chi connectivity index (χ0v) is 22.3. The Morgan fingerprint density at radius 3 is 2.66 bits per heavy atom. The lowest BCUT2D eigenvalue weighted by molar-refractivity contribution is 0.601. The van der Waals surface area contributed by atoms with Crippen LogP contribution in [0.5, 0.6) is 0 Å². The lowest BCUT2D eigenvalue weighted by atomic mass is 10.1. The molecule has 6 rings (SSSR count). The molecule has 38 heavy (non-hydrogen) atoms. The molecular weight excluding hydrogens is 544 g/mol. The van der Waals surface area contributed by atoms with Gasteiger partial charge in [0.25, 0.3) is 0 Å². The van der Waals surface area contributed by atoms with Gasteiger partial charge in [-0.2, -0.15) is 0 Å². The van der Waals surface area contributed by atoms with Crippen LogP contribution >= 0.6 is 23.1 Å². The van der Waals surface area contributed by atoms with E-state index in [1.165, 1.54) is 29.4 Å². The summed E-state index contributed by atoms with van der Waals surface area (Å²) in [6, 6.07) is 16.9. The standard InChI is InChI=1S/C26H19FN6O2S3/c1-38(34,35)15-18-13-30-26(36-18)37-25-29-14-21-24(28-11-12-33(21)25)32-20-10-8-17-7-9-19(31-23(17)22(20)27)16-5-3-2-4-6-16/h2-14H,15H2,1H3,(H,28,32). The van der Waals surface area contributed by atoms with E-state index >= 15 is 4.39 Å². The number of anilines is 2. The highest BCUT2D eigenvalue weighted by Crippen LogP contribution is 2.34. The normalized spacial score (nSPS) is 11.8. The molecular formula is C26H19FN6O2S3. The molecule has 0 atom stereocenters. The van der Waals surface area contributed by atoms with Crippen LogP contribution in [0.3, 0.4) is 0 Å². The Morgan fingerprint density at radius 1 is 1.03 bits per heavy atom. The van der Waals surface area contributed by atoms with Gasteiger partial charge in [0, 0.05) is 40.7 Å². The number of pyridine rings is 1. The molecule has 8 nitrogen and oxygen atoms in total. The molecule has 0 bridgehead atoms. The Hall–Kier alpha value is -3.87. The fraction of sp³-hybridized carbons (Fsp3) is 0.0769. The molecule has 190 valence electrons. The summed E-state index contributed by atoms with van der Waals surface area (Å²) in [4.78, 5) is 18.5. The minimum absolute atomic E-state index is 0.0510. The summed E-state index contributed by atoms with van der Waals surface area (Å²) in [6.45, 7) is 0. The first-order valence-corrected chi connectivity index (χ1v) is 15.1. The van der Waals surface area contributed by atoms with Crippen molar-refractivity contribution in [1.82, 2.24) is 24.3 Å². The zero-order chi connectivity index (χ0) is 26.3. The molecule has 0 spiro atoms. The molecule has 12 heteroatoms. The number of imidazole rings is 1. The monoisotopic (exact) mass is 562 g/mol. The first kappa shape index (κ1) is 24.5. The van der Waals surface area contributed by atoms with E-state index in [1.807, 2.05) is 52.9 Å². The molecule has 6 aromatic rings. The van der Waals surface area contributed by atoms with Gasteiger partial charge in [0.05, 0.1) is 23.3 Å². The lowest BCUT2D eigenvalue weighted by Crippen LogP contribution is -2.00. The second-order valence-electron chi connectivity index (χ2n) is 8.52. The van der Waals surface area contributed by atoms with E-state index in [1.54, 1.807) is 30.9 Å². The highest BCUT2D eigenvalue weighted by molar-refractivity contribution is 8.00. The number of hydrogen-bond donors (Lipinski definition) is 1. The van der Waals surface area contributed by atoms with Gasteiger partial charge >= 0.3 is 0 Å². The van der Waals surface area contributed by atoms with Crippen molar-refractivity contribution in [2.24, 2.45) is 0 Å². The number of nitrogens with one attached hydrogen (secondary N) is 1. The first-order chi connectivity index (χ1) is 18.3. The largest absolute Gasteiger partial charge is 0.336 e. The van der Waals surface area contributed by atoms with Crippen molar-refractivity contribution < 1.29 is 12.8 Å². The maximum Gasteiger partial charge on any atom is 0.179 e. The van der Waals surface area contributed by atoms with Crippen LogP contribution in [0.25, 0.3) is 27.7 Å². The number of fused-ring (bicyclic) bond motifs is 2. The quantitative estimate of drug-likeness (QED) is 0.254. The van der Waals surface area contributed by atoms with Crippen LogP contribution in [0, 0.1) is 5.82 Å². The fourth-order valence-electron chi connectivity index (χ4n) is 3.96. The number of thiazole rings is 1. The minimum Gasteiger partial charge on any atom is -0.336 e. The maximum absolute atomic E-state index is 15.6. The van der Waals surface area contributed by atoms with E-state index in [2.05, 4.69) is 25.3 Å². The maximum atomic E-state index is 15.6. The molecule has 0 aliphatic heterocycles. The van der Waals surface area contributed by atoms with Crippen molar-refractivity contribution in [3.8, 4) is 11.3 Å². The number of hydrogen-bond acceptors (Lipinski definition) is 9. The van der Waals surface area contributed by atoms with Gasteiger partial charge in [0.1, 0.15) is 11.0 Å². The second-order valence-corrected chi connectivity index (χ2v) is 13.0. The minimum atomic E-state index is -3.14. The van der Waals surface area contributed by atoms with Gasteiger partial charge in [-0.3, -0.25) is 4.40 Å². The van der Waals surface area contributed by atoms with Gasteiger partial charge in [0.2, 0.25) is 0 Å². The number of benzene rings is 2. The van der Waals surface area contributed by atoms with Gasteiger partial charge in [-0.05, 0) is 23.9 Å². The lowest BCUT2D eigenvalue weighted by Gasteiger charge is -2.11. The smallest absolute Gasteiger partial charge is 0.179 e. The van der Waals surface area contributed by atoms with Crippen LogP contribution in [0.1, 0.15) is 4.88 Å². The van der Waals surface area contributed by atoms with Gasteiger partial charge in [-0.1, -0.05) is 42.5 Å². The van der Waals surface area contributed by atoms with Crippen molar-refractivity contribution in [2.45, 2.75) is 15.2 Å². The Labute approximate surface area is 225 Å². The second kappa shape index (κ2) is 9.78. The number of rotatable bonds is 7. The van der Waals surface area contributed by atoms with Crippen molar-refractivity contribution in [1.29, 1.82) is 0 Å². The summed E-state index contributed by atoms with van der Waals surface area (Å²) in [5, 5.41) is 4.42. The van der Waals surface area contributed by atoms with Crippen LogP contribution in [-0.4, -0.2) is 39.0 Å². The molecule has 0 amide bonds. The third kappa shape index (κ3) is 4.97.